The SMILES string of the molecule is CC(C)(C)N1CCN(c2ccc(S(=O)(=O)[C@@H]3C[C@@H](C(=O)O)N(C(=O)C4(C(F)(F)F)CC4)C3)c(Cl)c2)CC1. The van der Waals surface area contributed by atoms with Gasteiger partial charge >= 0.3 is 12.1 Å². The average Bonchev–Trinajstić information content (AvgIpc) is 3.50. The van der Waals surface area contributed by atoms with E-state index in [1.807, 2.05) is 0 Å². The highest BCUT2D eigenvalue weighted by Gasteiger charge is 2.70. The minimum absolute atomic E-state index is 0.0330. The summed E-state index contributed by atoms with van der Waals surface area (Å²) < 4.78 is 67.4. The number of aliphatic carboxylic acids is 1. The second-order valence-corrected chi connectivity index (χ2v) is 13.7. The van der Waals surface area contributed by atoms with Crippen molar-refractivity contribution < 1.29 is 36.3 Å². The van der Waals surface area contributed by atoms with E-state index in [9.17, 15) is 36.3 Å². The van der Waals surface area contributed by atoms with Crippen LogP contribution >= 0.6 is 11.6 Å². The molecule has 1 amide bonds. The number of likely N-dealkylation sites (tertiary alicyclic amines) is 1. The molecule has 206 valence electrons. The molecule has 2 atom stereocenters. The maximum absolute atomic E-state index is 13.5. The maximum Gasteiger partial charge on any atom is 0.403 e. The van der Waals surface area contributed by atoms with Crippen LogP contribution in [0.15, 0.2) is 23.1 Å². The number of rotatable bonds is 5. The number of carbonyl (C=O) groups is 2. The van der Waals surface area contributed by atoms with E-state index in [0.717, 1.165) is 31.9 Å². The van der Waals surface area contributed by atoms with Gasteiger partial charge in [0.2, 0.25) is 5.91 Å². The van der Waals surface area contributed by atoms with Crippen LogP contribution in [0.2, 0.25) is 5.02 Å². The fraction of sp³-hybridized carbons (Fsp3) is 0.667. The molecule has 1 aromatic rings. The normalized spacial score (nSPS) is 24.8. The number of halogens is 4. The van der Waals surface area contributed by atoms with Crippen molar-refractivity contribution in [3.05, 3.63) is 23.2 Å². The zero-order valence-corrected chi connectivity index (χ0v) is 22.5. The van der Waals surface area contributed by atoms with E-state index < -0.39 is 70.4 Å². The lowest BCUT2D eigenvalue weighted by atomic mass is 10.0. The van der Waals surface area contributed by atoms with Crippen LogP contribution < -0.4 is 4.90 Å². The van der Waals surface area contributed by atoms with E-state index in [2.05, 4.69) is 30.6 Å². The van der Waals surface area contributed by atoms with Gasteiger partial charge in [-0.2, -0.15) is 13.2 Å². The van der Waals surface area contributed by atoms with Crippen LogP contribution in [-0.2, 0) is 19.4 Å². The van der Waals surface area contributed by atoms with Gasteiger partial charge in [0.05, 0.1) is 15.2 Å². The topological polar surface area (TPSA) is 98.2 Å². The zero-order chi connectivity index (χ0) is 27.6. The van der Waals surface area contributed by atoms with Gasteiger partial charge < -0.3 is 14.9 Å². The number of hydrogen-bond acceptors (Lipinski definition) is 6. The van der Waals surface area contributed by atoms with Gasteiger partial charge in [0.15, 0.2) is 9.84 Å². The van der Waals surface area contributed by atoms with Crippen molar-refractivity contribution in [2.45, 2.75) is 67.9 Å². The number of carbonyl (C=O) groups excluding carboxylic acids is 1. The number of piperazine rings is 1. The van der Waals surface area contributed by atoms with Gasteiger partial charge in [-0.25, -0.2) is 13.2 Å². The Morgan fingerprint density at radius 1 is 1.08 bits per heavy atom. The third kappa shape index (κ3) is 5.04. The molecular formula is C24H31ClF3N3O5S. The molecule has 4 rings (SSSR count). The number of carboxylic acids is 1. The molecular weight excluding hydrogens is 535 g/mol. The van der Waals surface area contributed by atoms with Crippen LogP contribution in [0.1, 0.15) is 40.0 Å². The van der Waals surface area contributed by atoms with Crippen molar-refractivity contribution in [1.29, 1.82) is 0 Å². The molecule has 0 unspecified atom stereocenters. The number of benzene rings is 1. The molecule has 2 saturated heterocycles. The predicted octanol–water partition coefficient (Wildman–Crippen LogP) is 3.43. The van der Waals surface area contributed by atoms with Crippen LogP contribution in [0.5, 0.6) is 0 Å². The summed E-state index contributed by atoms with van der Waals surface area (Å²) in [5.41, 5.74) is -1.86. The molecule has 1 N–H and O–H groups in total. The predicted molar refractivity (Wildman–Crippen MR) is 131 cm³/mol. The third-order valence-corrected chi connectivity index (χ3v) is 10.4. The third-order valence-electron chi connectivity index (χ3n) is 7.76. The summed E-state index contributed by atoms with van der Waals surface area (Å²) >= 11 is 6.39. The maximum atomic E-state index is 13.5. The molecule has 3 fully saturated rings. The van der Waals surface area contributed by atoms with E-state index in [1.54, 1.807) is 6.07 Å². The summed E-state index contributed by atoms with van der Waals surface area (Å²) in [6.45, 7) is 8.87. The van der Waals surface area contributed by atoms with E-state index in [1.165, 1.54) is 12.1 Å². The van der Waals surface area contributed by atoms with E-state index >= 15 is 0 Å². The van der Waals surface area contributed by atoms with Gasteiger partial charge in [0.1, 0.15) is 11.5 Å². The quantitative estimate of drug-likeness (QED) is 0.584. The Labute approximate surface area is 219 Å². The van der Waals surface area contributed by atoms with Gasteiger partial charge in [-0.3, -0.25) is 9.69 Å². The molecule has 0 aromatic heterocycles. The summed E-state index contributed by atoms with van der Waals surface area (Å²) in [5.74, 6) is -2.92. The van der Waals surface area contributed by atoms with Gasteiger partial charge in [-0.05, 0) is 58.2 Å². The first-order chi connectivity index (χ1) is 17.0. The van der Waals surface area contributed by atoms with Crippen molar-refractivity contribution in [3.8, 4) is 0 Å². The van der Waals surface area contributed by atoms with Crippen LogP contribution in [0.4, 0.5) is 18.9 Å². The Balaban J connectivity index is 1.53. The van der Waals surface area contributed by atoms with Crippen LogP contribution in [0.25, 0.3) is 0 Å². The van der Waals surface area contributed by atoms with Crippen LogP contribution in [0, 0.1) is 5.41 Å². The standard InChI is InChI=1S/C24H31ClF3N3O5S/c1-22(2,3)30-10-8-29(9-11-30)15-4-5-19(17(25)12-15)37(35,36)16-13-18(20(32)33)31(14-16)21(34)23(6-7-23)24(26,27)28/h4-5,12,16,18H,6-11,13-14H2,1-3H3,(H,32,33)/t16-,18+/m1/s1. The number of alkyl halides is 3. The minimum Gasteiger partial charge on any atom is -0.480 e. The fourth-order valence-electron chi connectivity index (χ4n) is 5.23. The number of nitrogens with zero attached hydrogens (tertiary/aromatic N) is 3. The van der Waals surface area contributed by atoms with Crippen molar-refractivity contribution in [2.24, 2.45) is 5.41 Å². The molecule has 2 heterocycles. The van der Waals surface area contributed by atoms with Crippen molar-refractivity contribution >= 4 is 39.0 Å². The molecule has 13 heteroatoms. The Bertz CT molecular complexity index is 1190. The lowest BCUT2D eigenvalue weighted by Crippen LogP contribution is -2.53. The van der Waals surface area contributed by atoms with Gasteiger partial charge in [0, 0.05) is 44.0 Å². The molecule has 3 aliphatic rings. The van der Waals surface area contributed by atoms with Gasteiger partial charge in [0.25, 0.3) is 0 Å². The highest BCUT2D eigenvalue weighted by molar-refractivity contribution is 7.92. The van der Waals surface area contributed by atoms with Crippen LogP contribution in [-0.4, -0.2) is 90.9 Å². The molecule has 37 heavy (non-hydrogen) atoms. The number of amides is 1. The van der Waals surface area contributed by atoms with E-state index in [0.29, 0.717) is 4.90 Å². The molecule has 0 bridgehead atoms. The Hall–Kier alpha value is -2.05. The summed E-state index contributed by atoms with van der Waals surface area (Å²) in [6, 6.07) is 2.85. The van der Waals surface area contributed by atoms with Crippen molar-refractivity contribution in [3.63, 3.8) is 0 Å². The number of carboxylic acid groups (broad SMARTS) is 1. The molecule has 2 aliphatic heterocycles. The Morgan fingerprint density at radius 2 is 1.68 bits per heavy atom. The first-order valence-electron chi connectivity index (χ1n) is 12.1. The second kappa shape index (κ2) is 9.30. The smallest absolute Gasteiger partial charge is 0.403 e. The Kier molecular flexibility index (Phi) is 7.03. The molecule has 1 aromatic carbocycles. The number of sulfone groups is 1. The largest absolute Gasteiger partial charge is 0.480 e. The minimum atomic E-state index is -4.83. The monoisotopic (exact) mass is 565 g/mol. The molecule has 1 aliphatic carbocycles. The molecule has 1 saturated carbocycles. The Morgan fingerprint density at radius 3 is 2.14 bits per heavy atom. The number of hydrogen-bond donors (Lipinski definition) is 1. The molecule has 8 nitrogen and oxygen atoms in total. The molecule has 0 radical (unpaired) electrons. The van der Waals surface area contributed by atoms with Crippen molar-refractivity contribution in [1.82, 2.24) is 9.80 Å². The lowest BCUT2D eigenvalue weighted by molar-refractivity contribution is -0.199. The number of anilines is 1. The lowest BCUT2D eigenvalue weighted by Gasteiger charge is -2.43. The summed E-state index contributed by atoms with van der Waals surface area (Å²) in [4.78, 5) is 29.4. The highest BCUT2D eigenvalue weighted by atomic mass is 35.5. The van der Waals surface area contributed by atoms with Gasteiger partial charge in [-0.1, -0.05) is 11.6 Å². The summed E-state index contributed by atoms with van der Waals surface area (Å²) in [7, 11) is -4.24. The summed E-state index contributed by atoms with van der Waals surface area (Å²) in [6.07, 6.45) is -6.22. The average molecular weight is 566 g/mol. The summed E-state index contributed by atoms with van der Waals surface area (Å²) in [5, 5.41) is 8.13. The van der Waals surface area contributed by atoms with E-state index in [-0.39, 0.29) is 15.5 Å². The van der Waals surface area contributed by atoms with Crippen molar-refractivity contribution in [2.75, 3.05) is 37.6 Å². The highest BCUT2D eigenvalue weighted by Crippen LogP contribution is 2.59. The molecule has 0 spiro atoms. The zero-order valence-electron chi connectivity index (χ0n) is 20.9. The van der Waals surface area contributed by atoms with Crippen LogP contribution in [0.3, 0.4) is 0 Å². The fourth-order valence-corrected chi connectivity index (χ4v) is 7.47. The first-order valence-corrected chi connectivity index (χ1v) is 14.1. The second-order valence-electron chi connectivity index (χ2n) is 11.1. The van der Waals surface area contributed by atoms with Gasteiger partial charge in [-0.15, -0.1) is 0 Å². The van der Waals surface area contributed by atoms with E-state index in [4.69, 9.17) is 11.6 Å². The first kappa shape index (κ1) is 28.0.